The molecule has 1 unspecified atom stereocenters. The van der Waals surface area contributed by atoms with Gasteiger partial charge in [0.25, 0.3) is 5.91 Å². The summed E-state index contributed by atoms with van der Waals surface area (Å²) in [6, 6.07) is -0.146. The van der Waals surface area contributed by atoms with E-state index >= 15 is 0 Å². The normalized spacial score (nSPS) is 25.8. The molecule has 1 saturated heterocycles. The summed E-state index contributed by atoms with van der Waals surface area (Å²) in [5, 5.41) is 9.11. The van der Waals surface area contributed by atoms with Gasteiger partial charge in [0.2, 0.25) is 0 Å². The molecule has 1 aliphatic heterocycles. The Hall–Kier alpha value is -0.970. The van der Waals surface area contributed by atoms with Gasteiger partial charge in [0.05, 0.1) is 6.04 Å². The van der Waals surface area contributed by atoms with Crippen molar-refractivity contribution in [3.8, 4) is 0 Å². The minimum absolute atomic E-state index is 0.146. The molecule has 0 aliphatic carbocycles. The van der Waals surface area contributed by atoms with E-state index in [1.807, 2.05) is 0 Å². The molecule has 0 aromatic carbocycles. The fourth-order valence-electron chi connectivity index (χ4n) is 1.02. The first-order valence-corrected chi connectivity index (χ1v) is 3.23. The summed E-state index contributed by atoms with van der Waals surface area (Å²) in [7, 11) is 0. The number of amides is 1. The molecule has 1 amide bonds. The maximum Gasteiger partial charge on any atom is 0.283 e. The van der Waals surface area contributed by atoms with Crippen LogP contribution in [-0.2, 0) is 4.79 Å². The zero-order valence-electron chi connectivity index (χ0n) is 5.58. The van der Waals surface area contributed by atoms with E-state index in [-0.39, 0.29) is 11.9 Å². The molecule has 0 bridgehead atoms. The lowest BCUT2D eigenvalue weighted by Crippen LogP contribution is -2.29. The average molecular weight is 142 g/mol. The molecule has 0 saturated carbocycles. The number of rotatable bonds is 1. The Morgan fingerprint density at radius 1 is 1.70 bits per heavy atom. The second kappa shape index (κ2) is 3.26. The predicted octanol–water partition coefficient (Wildman–Crippen LogP) is -0.409. The molecule has 1 heterocycles. The maximum atomic E-state index is 10.8. The molecule has 1 rings (SSSR count). The number of nitrogens with two attached hydrogens (primary N) is 1. The molecule has 5 heteroatoms. The zero-order chi connectivity index (χ0) is 7.40. The molecule has 0 aromatic rings. The van der Waals surface area contributed by atoms with Crippen LogP contribution in [0, 0.1) is 0 Å². The number of carbonyl (C=O) groups excluding carboxylic acids is 1. The second-order valence-corrected chi connectivity index (χ2v) is 2.20. The third-order valence-corrected chi connectivity index (χ3v) is 1.51. The largest absolute Gasteiger partial charge is 0.306 e. The van der Waals surface area contributed by atoms with E-state index < -0.39 is 0 Å². The summed E-state index contributed by atoms with van der Waals surface area (Å²) < 4.78 is 0. The van der Waals surface area contributed by atoms with Gasteiger partial charge in [-0.2, -0.15) is 0 Å². The van der Waals surface area contributed by atoms with E-state index in [1.165, 1.54) is 0 Å². The van der Waals surface area contributed by atoms with Gasteiger partial charge in [-0.05, 0) is 19.4 Å². The number of hydrogen-bond donors (Lipinski definition) is 2. The Morgan fingerprint density at radius 2 is 2.50 bits per heavy atom. The van der Waals surface area contributed by atoms with E-state index in [4.69, 9.17) is 5.84 Å². The Balaban J connectivity index is 2.40. The van der Waals surface area contributed by atoms with Crippen molar-refractivity contribution in [3.05, 3.63) is 0 Å². The van der Waals surface area contributed by atoms with E-state index in [2.05, 4.69) is 15.7 Å². The van der Waals surface area contributed by atoms with Crippen LogP contribution in [0.2, 0.25) is 0 Å². The molecule has 10 heavy (non-hydrogen) atoms. The molecule has 0 spiro atoms. The van der Waals surface area contributed by atoms with Crippen LogP contribution in [0.1, 0.15) is 12.8 Å². The number of nitrogens with one attached hydrogen (secondary N) is 1. The van der Waals surface area contributed by atoms with E-state index in [0.717, 1.165) is 19.4 Å². The Kier molecular flexibility index (Phi) is 2.33. The second-order valence-electron chi connectivity index (χ2n) is 2.20. The lowest BCUT2D eigenvalue weighted by molar-refractivity contribution is -0.120. The summed E-state index contributed by atoms with van der Waals surface area (Å²) in [4.78, 5) is 10.8. The minimum Gasteiger partial charge on any atom is -0.306 e. The highest BCUT2D eigenvalue weighted by Crippen LogP contribution is 2.05. The molecule has 56 valence electrons. The number of hydrogen-bond acceptors (Lipinski definition) is 3. The van der Waals surface area contributed by atoms with Crippen molar-refractivity contribution < 1.29 is 4.79 Å². The van der Waals surface area contributed by atoms with Gasteiger partial charge in [0.1, 0.15) is 0 Å². The first-order chi connectivity index (χ1) is 4.84. The molecular formula is C5H10N4O. The SMILES string of the molecule is NN=NC(=O)C1CCCN1. The highest BCUT2D eigenvalue weighted by Gasteiger charge is 2.21. The Bertz CT molecular complexity index is 150. The van der Waals surface area contributed by atoms with Crippen molar-refractivity contribution in [1.29, 1.82) is 0 Å². The lowest BCUT2D eigenvalue weighted by Gasteiger charge is -2.00. The van der Waals surface area contributed by atoms with E-state index in [1.54, 1.807) is 0 Å². The van der Waals surface area contributed by atoms with Crippen molar-refractivity contribution in [2.24, 2.45) is 16.2 Å². The monoisotopic (exact) mass is 142 g/mol. The van der Waals surface area contributed by atoms with Crippen LogP contribution < -0.4 is 11.2 Å². The average Bonchev–Trinajstić information content (AvgIpc) is 2.38. The smallest absolute Gasteiger partial charge is 0.283 e. The summed E-state index contributed by atoms with van der Waals surface area (Å²) in [5.74, 6) is 4.44. The Labute approximate surface area is 58.7 Å². The first-order valence-electron chi connectivity index (χ1n) is 3.23. The van der Waals surface area contributed by atoms with Crippen molar-refractivity contribution in [2.45, 2.75) is 18.9 Å². The van der Waals surface area contributed by atoms with Crippen molar-refractivity contribution in [1.82, 2.24) is 5.32 Å². The fourth-order valence-corrected chi connectivity index (χ4v) is 1.02. The van der Waals surface area contributed by atoms with Crippen LogP contribution in [0.3, 0.4) is 0 Å². The highest BCUT2D eigenvalue weighted by atomic mass is 16.2. The third kappa shape index (κ3) is 1.51. The third-order valence-electron chi connectivity index (χ3n) is 1.51. The van der Waals surface area contributed by atoms with Gasteiger partial charge in [0, 0.05) is 0 Å². The van der Waals surface area contributed by atoms with Gasteiger partial charge in [-0.25, -0.2) is 0 Å². The molecule has 5 nitrogen and oxygen atoms in total. The minimum atomic E-state index is -0.264. The molecule has 1 atom stereocenters. The van der Waals surface area contributed by atoms with Crippen LogP contribution in [0.4, 0.5) is 0 Å². The highest BCUT2D eigenvalue weighted by molar-refractivity contribution is 5.82. The summed E-state index contributed by atoms with van der Waals surface area (Å²) in [6.07, 6.45) is 1.87. The predicted molar refractivity (Wildman–Crippen MR) is 35.1 cm³/mol. The fraction of sp³-hybridized carbons (Fsp3) is 0.800. The van der Waals surface area contributed by atoms with Gasteiger partial charge in [-0.15, -0.1) is 0 Å². The Morgan fingerprint density at radius 3 is 3.00 bits per heavy atom. The van der Waals surface area contributed by atoms with Crippen LogP contribution >= 0.6 is 0 Å². The molecule has 1 aliphatic rings. The zero-order valence-corrected chi connectivity index (χ0v) is 5.58. The van der Waals surface area contributed by atoms with E-state index in [9.17, 15) is 4.79 Å². The van der Waals surface area contributed by atoms with Gasteiger partial charge in [-0.3, -0.25) is 4.79 Å². The molecule has 1 fully saturated rings. The van der Waals surface area contributed by atoms with Crippen molar-refractivity contribution >= 4 is 5.91 Å². The molecule has 0 radical (unpaired) electrons. The number of nitrogens with zero attached hydrogens (tertiary/aromatic N) is 2. The van der Waals surface area contributed by atoms with Crippen LogP contribution in [0.25, 0.3) is 0 Å². The van der Waals surface area contributed by atoms with Crippen molar-refractivity contribution in [3.63, 3.8) is 0 Å². The molecule has 3 N–H and O–H groups in total. The molecular weight excluding hydrogens is 132 g/mol. The van der Waals surface area contributed by atoms with Gasteiger partial charge >= 0.3 is 0 Å². The first kappa shape index (κ1) is 7.14. The van der Waals surface area contributed by atoms with Crippen LogP contribution in [0.15, 0.2) is 10.3 Å². The van der Waals surface area contributed by atoms with Gasteiger partial charge in [-0.1, -0.05) is 10.3 Å². The van der Waals surface area contributed by atoms with E-state index in [0.29, 0.717) is 0 Å². The van der Waals surface area contributed by atoms with Crippen molar-refractivity contribution in [2.75, 3.05) is 6.54 Å². The summed E-state index contributed by atoms with van der Waals surface area (Å²) >= 11 is 0. The topological polar surface area (TPSA) is 79.8 Å². The van der Waals surface area contributed by atoms with Gasteiger partial charge < -0.3 is 11.2 Å². The summed E-state index contributed by atoms with van der Waals surface area (Å²) in [6.45, 7) is 0.885. The quantitative estimate of drug-likeness (QED) is 0.297. The number of carbonyl (C=O) groups is 1. The lowest BCUT2D eigenvalue weighted by atomic mass is 10.2. The van der Waals surface area contributed by atoms with Gasteiger partial charge in [0.15, 0.2) is 0 Å². The maximum absolute atomic E-state index is 10.8. The standard InChI is InChI=1S/C5H10N4O/c6-9-8-5(10)4-2-1-3-7-4/h4,7H,1-3H2,(H2,6,8,10). The molecule has 0 aromatic heterocycles. The van der Waals surface area contributed by atoms with Crippen LogP contribution in [0.5, 0.6) is 0 Å². The van der Waals surface area contributed by atoms with Crippen LogP contribution in [-0.4, -0.2) is 18.5 Å². The summed E-state index contributed by atoms with van der Waals surface area (Å²) in [5.41, 5.74) is 0.